The predicted octanol–water partition coefficient (Wildman–Crippen LogP) is 2.66. The van der Waals surface area contributed by atoms with Crippen LogP contribution in [0.5, 0.6) is 5.88 Å². The van der Waals surface area contributed by atoms with E-state index in [1.165, 1.54) is 11.4 Å². The van der Waals surface area contributed by atoms with E-state index in [-0.39, 0.29) is 41.3 Å². The molecule has 1 amide bonds. The Morgan fingerprint density at radius 3 is 2.67 bits per heavy atom. The van der Waals surface area contributed by atoms with E-state index >= 15 is 0 Å². The van der Waals surface area contributed by atoms with Gasteiger partial charge in [0, 0.05) is 25.7 Å². The number of carbonyl (C=O) groups is 1. The Hall–Kier alpha value is -2.75. The van der Waals surface area contributed by atoms with Crippen LogP contribution in [-0.4, -0.2) is 72.5 Å². The highest BCUT2D eigenvalue weighted by Crippen LogP contribution is 2.28. The molecule has 0 saturated carbocycles. The first-order valence-corrected chi connectivity index (χ1v) is 12.4. The molecular formula is C24H31N3O5S. The summed E-state index contributed by atoms with van der Waals surface area (Å²) < 4.78 is 33.5. The molecule has 2 heterocycles. The Bertz CT molecular complexity index is 1100. The third-order valence-corrected chi connectivity index (χ3v) is 7.63. The predicted molar refractivity (Wildman–Crippen MR) is 126 cm³/mol. The Morgan fingerprint density at radius 1 is 1.33 bits per heavy atom. The molecule has 1 aromatic carbocycles. The summed E-state index contributed by atoms with van der Waals surface area (Å²) in [5.41, 5.74) is 1.04. The van der Waals surface area contributed by atoms with Crippen molar-refractivity contribution in [2.45, 2.75) is 37.8 Å². The Labute approximate surface area is 195 Å². The average Bonchev–Trinajstić information content (AvgIpc) is 2.81. The summed E-state index contributed by atoms with van der Waals surface area (Å²) in [5, 5.41) is 9.74. The van der Waals surface area contributed by atoms with Gasteiger partial charge in [0.15, 0.2) is 0 Å². The first kappa shape index (κ1) is 24.9. The van der Waals surface area contributed by atoms with Crippen molar-refractivity contribution in [1.29, 1.82) is 0 Å². The van der Waals surface area contributed by atoms with E-state index < -0.39 is 22.2 Å². The maximum absolute atomic E-state index is 13.3. The van der Waals surface area contributed by atoms with Crippen LogP contribution in [0.15, 0.2) is 53.6 Å². The molecule has 3 rings (SSSR count). The van der Waals surface area contributed by atoms with Gasteiger partial charge in [-0.1, -0.05) is 37.3 Å². The highest BCUT2D eigenvalue weighted by Gasteiger charge is 2.35. The van der Waals surface area contributed by atoms with E-state index in [0.717, 1.165) is 5.56 Å². The van der Waals surface area contributed by atoms with Crippen LogP contribution in [0.25, 0.3) is 6.08 Å². The number of sulfonamides is 1. The Balaban J connectivity index is 1.98. The molecule has 1 aromatic heterocycles. The molecule has 0 saturated heterocycles. The number of nitrogens with zero attached hydrogens (tertiary/aromatic N) is 3. The number of allylic oxidation sites excluding steroid dienone is 1. The van der Waals surface area contributed by atoms with Crippen LogP contribution < -0.4 is 4.74 Å². The molecule has 0 fully saturated rings. The topological polar surface area (TPSA) is 100 Å². The van der Waals surface area contributed by atoms with Crippen LogP contribution in [0.1, 0.15) is 36.7 Å². The van der Waals surface area contributed by atoms with Crippen molar-refractivity contribution >= 4 is 22.0 Å². The van der Waals surface area contributed by atoms with Crippen LogP contribution in [0.3, 0.4) is 0 Å². The Morgan fingerprint density at radius 2 is 2.03 bits per heavy atom. The number of rotatable bonds is 7. The van der Waals surface area contributed by atoms with Crippen molar-refractivity contribution in [3.8, 4) is 5.88 Å². The normalized spacial score (nSPS) is 20.3. The molecular weight excluding hydrogens is 442 g/mol. The van der Waals surface area contributed by atoms with Gasteiger partial charge in [-0.3, -0.25) is 4.79 Å². The summed E-state index contributed by atoms with van der Waals surface area (Å²) in [5.74, 6) is -0.340. The smallest absolute Gasteiger partial charge is 0.259 e. The lowest BCUT2D eigenvalue weighted by molar-refractivity contribution is 0.0373. The second-order valence-corrected chi connectivity index (χ2v) is 10.4. The monoisotopic (exact) mass is 473 g/mol. The zero-order chi connectivity index (χ0) is 24.2. The van der Waals surface area contributed by atoms with E-state index in [1.54, 1.807) is 54.4 Å². The van der Waals surface area contributed by atoms with Crippen molar-refractivity contribution < 1.29 is 23.1 Å². The molecule has 0 spiro atoms. The number of amides is 1. The molecule has 0 aliphatic carbocycles. The number of hydrogen-bond acceptors (Lipinski definition) is 6. The number of hydrogen-bond donors (Lipinski definition) is 1. The molecule has 1 aliphatic rings. The fourth-order valence-corrected chi connectivity index (χ4v) is 4.95. The summed E-state index contributed by atoms with van der Waals surface area (Å²) in [7, 11) is -2.20. The van der Waals surface area contributed by atoms with Crippen molar-refractivity contribution in [3.05, 3.63) is 59.8 Å². The summed E-state index contributed by atoms with van der Waals surface area (Å²) >= 11 is 0. The fourth-order valence-electron chi connectivity index (χ4n) is 3.74. The summed E-state index contributed by atoms with van der Waals surface area (Å²) in [6.45, 7) is 5.73. The number of aromatic nitrogens is 1. The van der Waals surface area contributed by atoms with Crippen LogP contribution in [0.4, 0.5) is 0 Å². The van der Waals surface area contributed by atoms with Crippen molar-refractivity contribution in [2.75, 3.05) is 26.7 Å². The van der Waals surface area contributed by atoms with Gasteiger partial charge in [-0.2, -0.15) is 4.31 Å². The molecule has 0 unspecified atom stereocenters. The first-order chi connectivity index (χ1) is 15.7. The molecule has 8 nitrogen and oxygen atoms in total. The van der Waals surface area contributed by atoms with E-state index in [9.17, 15) is 18.3 Å². The quantitative estimate of drug-likeness (QED) is 0.664. The zero-order valence-electron chi connectivity index (χ0n) is 19.4. The minimum absolute atomic E-state index is 0.0751. The van der Waals surface area contributed by atoms with Gasteiger partial charge in [0.2, 0.25) is 15.9 Å². The number of fused-ring (bicyclic) bond motifs is 1. The van der Waals surface area contributed by atoms with Gasteiger partial charge in [0.25, 0.3) is 5.91 Å². The van der Waals surface area contributed by atoms with Gasteiger partial charge >= 0.3 is 0 Å². The minimum atomic E-state index is -3.72. The number of likely N-dealkylation sites (N-methyl/N-ethyl adjacent to an activating group) is 1. The number of pyridine rings is 1. The number of ether oxygens (including phenoxy) is 1. The number of aliphatic hydroxyl groups excluding tert-OH is 1. The maximum Gasteiger partial charge on any atom is 0.259 e. The Kier molecular flexibility index (Phi) is 7.88. The molecule has 1 aliphatic heterocycles. The second kappa shape index (κ2) is 10.5. The van der Waals surface area contributed by atoms with Gasteiger partial charge in [-0.15, -0.1) is 0 Å². The van der Waals surface area contributed by atoms with Crippen molar-refractivity contribution in [3.63, 3.8) is 0 Å². The maximum atomic E-state index is 13.3. The zero-order valence-corrected chi connectivity index (χ0v) is 20.2. The third kappa shape index (κ3) is 5.43. The summed E-state index contributed by atoms with van der Waals surface area (Å²) in [6.07, 6.45) is 4.73. The molecule has 9 heteroatoms. The van der Waals surface area contributed by atoms with Crippen molar-refractivity contribution in [2.24, 2.45) is 5.92 Å². The lowest BCUT2D eigenvalue weighted by Crippen LogP contribution is -2.50. The third-order valence-electron chi connectivity index (χ3n) is 5.79. The van der Waals surface area contributed by atoms with Crippen LogP contribution in [0, 0.1) is 5.92 Å². The molecule has 1 N–H and O–H groups in total. The highest BCUT2D eigenvalue weighted by atomic mass is 32.2. The fraction of sp³-hybridized carbons (Fsp3) is 0.417. The lowest BCUT2D eigenvalue weighted by Gasteiger charge is -2.37. The highest BCUT2D eigenvalue weighted by molar-refractivity contribution is 7.89. The van der Waals surface area contributed by atoms with E-state index in [0.29, 0.717) is 6.54 Å². The number of carbonyl (C=O) groups excluding carboxylic acids is 1. The molecule has 0 bridgehead atoms. The standard InChI is InChI=1S/C24H31N3O5S/c1-5-9-19-12-21-23(25-13-19)32-22(17(2)14-27(24(21)29)18(3)16-28)15-26(4)33(30,31)20-10-7-6-8-11-20/h5-13,17-18,22,28H,14-16H2,1-4H3/b9-5+/t17-,18+,22-/m1/s1. The van der Waals surface area contributed by atoms with E-state index in [4.69, 9.17) is 4.74 Å². The van der Waals surface area contributed by atoms with Gasteiger partial charge < -0.3 is 14.7 Å². The molecule has 33 heavy (non-hydrogen) atoms. The second-order valence-electron chi connectivity index (χ2n) is 8.34. The first-order valence-electron chi connectivity index (χ1n) is 10.9. The van der Waals surface area contributed by atoms with Gasteiger partial charge in [0.1, 0.15) is 11.7 Å². The van der Waals surface area contributed by atoms with Gasteiger partial charge in [0.05, 0.1) is 24.1 Å². The van der Waals surface area contributed by atoms with Gasteiger partial charge in [-0.05, 0) is 37.6 Å². The van der Waals surface area contributed by atoms with Crippen LogP contribution >= 0.6 is 0 Å². The molecule has 178 valence electrons. The number of benzene rings is 1. The van der Waals surface area contributed by atoms with Crippen LogP contribution in [0.2, 0.25) is 0 Å². The molecule has 2 aromatic rings. The SMILES string of the molecule is C/C=C/c1cnc2c(c1)C(=O)N([C@@H](C)CO)C[C@@H](C)[C@@H](CN(C)S(=O)(=O)c1ccccc1)O2. The largest absolute Gasteiger partial charge is 0.472 e. The van der Waals surface area contributed by atoms with Crippen molar-refractivity contribution in [1.82, 2.24) is 14.2 Å². The van der Waals surface area contributed by atoms with E-state index in [1.807, 2.05) is 26.0 Å². The van der Waals surface area contributed by atoms with Gasteiger partial charge in [-0.25, -0.2) is 13.4 Å². The lowest BCUT2D eigenvalue weighted by atomic mass is 10.00. The van der Waals surface area contributed by atoms with Crippen LogP contribution in [-0.2, 0) is 10.0 Å². The number of aliphatic hydroxyl groups is 1. The van der Waals surface area contributed by atoms with E-state index in [2.05, 4.69) is 4.98 Å². The molecule has 0 radical (unpaired) electrons. The summed E-state index contributed by atoms with van der Waals surface area (Å²) in [4.78, 5) is 19.5. The molecule has 3 atom stereocenters. The summed E-state index contributed by atoms with van der Waals surface area (Å²) in [6, 6.07) is 9.52. The minimum Gasteiger partial charge on any atom is -0.472 e. The average molecular weight is 474 g/mol.